The molecule has 3 N–H and O–H groups in total. The molecule has 1 aromatic carbocycles. The molecule has 1 saturated carbocycles. The summed E-state index contributed by atoms with van der Waals surface area (Å²) in [5, 5.41) is 16.6. The number of likely N-dealkylation sites (tertiary alicyclic amines) is 1. The fourth-order valence-corrected chi connectivity index (χ4v) is 5.73. The van der Waals surface area contributed by atoms with Crippen molar-refractivity contribution >= 4 is 28.7 Å². The van der Waals surface area contributed by atoms with E-state index >= 15 is 0 Å². The van der Waals surface area contributed by atoms with Gasteiger partial charge in [-0.3, -0.25) is 14.4 Å². The number of nitrogens with one attached hydrogen (secondary N) is 2. The second-order valence-electron chi connectivity index (χ2n) is 10.9. The van der Waals surface area contributed by atoms with Crippen LogP contribution in [-0.2, 0) is 20.8 Å². The number of piperidine rings is 1. The number of amides is 3. The summed E-state index contributed by atoms with van der Waals surface area (Å²) in [6, 6.07) is 5.00. The summed E-state index contributed by atoms with van der Waals surface area (Å²) in [5.41, 5.74) is 0.898. The van der Waals surface area contributed by atoms with Gasteiger partial charge in [-0.05, 0) is 62.8 Å². The van der Waals surface area contributed by atoms with Crippen LogP contribution in [-0.4, -0.2) is 65.6 Å². The molecule has 1 saturated heterocycles. The van der Waals surface area contributed by atoms with E-state index in [2.05, 4.69) is 10.6 Å². The molecule has 2 aromatic rings. The minimum absolute atomic E-state index is 0.0834. The number of benzene rings is 1. The zero-order valence-electron chi connectivity index (χ0n) is 23.0. The van der Waals surface area contributed by atoms with E-state index in [9.17, 15) is 24.3 Å². The molecule has 10 nitrogen and oxygen atoms in total. The first kappa shape index (κ1) is 28.6. The summed E-state index contributed by atoms with van der Waals surface area (Å²) in [6.45, 7) is 5.95. The molecule has 2 aliphatic rings. The van der Waals surface area contributed by atoms with E-state index in [0.717, 1.165) is 43.2 Å². The van der Waals surface area contributed by atoms with E-state index in [-0.39, 0.29) is 24.9 Å². The number of carbonyl (C=O) groups excluding carboxylic acids is 3. The van der Waals surface area contributed by atoms with E-state index in [1.165, 1.54) is 6.07 Å². The highest BCUT2D eigenvalue weighted by Gasteiger charge is 2.43. The van der Waals surface area contributed by atoms with Crippen molar-refractivity contribution in [3.63, 3.8) is 0 Å². The first-order valence-electron chi connectivity index (χ1n) is 13.9. The van der Waals surface area contributed by atoms with Gasteiger partial charge in [0.15, 0.2) is 6.10 Å². The van der Waals surface area contributed by atoms with Gasteiger partial charge in [-0.2, -0.15) is 0 Å². The number of hydrogen-bond donors (Lipinski definition) is 3. The molecule has 4 rings (SSSR count). The van der Waals surface area contributed by atoms with Gasteiger partial charge < -0.3 is 29.8 Å². The smallest absolute Gasteiger partial charge is 0.336 e. The average molecular weight is 542 g/mol. The third-order valence-electron chi connectivity index (χ3n) is 7.87. The van der Waals surface area contributed by atoms with Crippen LogP contribution in [0.15, 0.2) is 27.4 Å². The number of rotatable bonds is 9. The number of ether oxygens (including phenoxy) is 1. The lowest BCUT2D eigenvalue weighted by Crippen LogP contribution is -2.56. The maximum Gasteiger partial charge on any atom is 0.336 e. The van der Waals surface area contributed by atoms with E-state index in [4.69, 9.17) is 9.15 Å². The van der Waals surface area contributed by atoms with Crippen molar-refractivity contribution in [2.24, 2.45) is 5.92 Å². The number of fused-ring (bicyclic) bond motifs is 2. The predicted molar refractivity (Wildman–Crippen MR) is 145 cm³/mol. The van der Waals surface area contributed by atoms with Crippen molar-refractivity contribution in [3.8, 4) is 5.75 Å². The summed E-state index contributed by atoms with van der Waals surface area (Å²) in [7, 11) is 0. The average Bonchev–Trinajstić information content (AvgIpc) is 2.89. The zero-order chi connectivity index (χ0) is 28.2. The Morgan fingerprint density at radius 2 is 1.97 bits per heavy atom. The molecule has 3 atom stereocenters. The van der Waals surface area contributed by atoms with Crippen molar-refractivity contribution in [2.75, 3.05) is 26.2 Å². The predicted octanol–water partition coefficient (Wildman–Crippen LogP) is 2.21. The number of aliphatic hydroxyl groups is 1. The highest BCUT2D eigenvalue weighted by Crippen LogP contribution is 2.39. The van der Waals surface area contributed by atoms with Crippen LogP contribution < -0.4 is 21.0 Å². The minimum atomic E-state index is -0.923. The Bertz CT molecular complexity index is 1290. The summed E-state index contributed by atoms with van der Waals surface area (Å²) in [6.07, 6.45) is 4.89. The van der Waals surface area contributed by atoms with E-state index < -0.39 is 29.1 Å². The van der Waals surface area contributed by atoms with Crippen LogP contribution in [0.3, 0.4) is 0 Å². The van der Waals surface area contributed by atoms with Crippen LogP contribution in [0.2, 0.25) is 0 Å². The van der Waals surface area contributed by atoms with E-state index in [0.29, 0.717) is 42.6 Å². The number of hydrogen-bond acceptors (Lipinski definition) is 7. The SMILES string of the molecule is CCCc1cc(=O)oc2cc(C)cc(O[C@H](C)C(=O)NCC(=O)NCC(=O)N3CC[C@]4(O)CCCC[C@@H]4C3)c12. The van der Waals surface area contributed by atoms with Crippen molar-refractivity contribution in [3.05, 3.63) is 39.7 Å². The maximum atomic E-state index is 12.7. The van der Waals surface area contributed by atoms with Crippen molar-refractivity contribution in [2.45, 2.75) is 77.4 Å². The molecule has 1 aliphatic heterocycles. The Hall–Kier alpha value is -3.40. The summed E-state index contributed by atoms with van der Waals surface area (Å²) in [5.74, 6) is -0.655. The Morgan fingerprint density at radius 3 is 2.74 bits per heavy atom. The van der Waals surface area contributed by atoms with Crippen molar-refractivity contribution in [1.29, 1.82) is 0 Å². The molecule has 1 aliphatic carbocycles. The van der Waals surface area contributed by atoms with Crippen LogP contribution in [0.1, 0.15) is 63.5 Å². The lowest BCUT2D eigenvalue weighted by atomic mass is 9.71. The minimum Gasteiger partial charge on any atom is -0.480 e. The number of nitrogens with zero attached hydrogens (tertiary/aromatic N) is 1. The van der Waals surface area contributed by atoms with Crippen LogP contribution in [0.4, 0.5) is 0 Å². The molecule has 39 heavy (non-hydrogen) atoms. The first-order valence-corrected chi connectivity index (χ1v) is 13.9. The van der Waals surface area contributed by atoms with Crippen molar-refractivity contribution in [1.82, 2.24) is 15.5 Å². The quantitative estimate of drug-likeness (QED) is 0.414. The Morgan fingerprint density at radius 1 is 1.18 bits per heavy atom. The number of carbonyl (C=O) groups is 3. The monoisotopic (exact) mass is 541 g/mol. The standard InChI is InChI=1S/C29H39N3O7/c1-4-7-20-14-26(35)39-23-13-18(2)12-22(27(20)23)38-19(3)28(36)31-15-24(33)30-16-25(34)32-11-10-29(37)9-6-5-8-21(29)17-32/h12-14,19,21,37H,4-11,15-17H2,1-3H3,(H,30,33)(H,31,36)/t19-,21-,29-/m1/s1. The van der Waals surface area contributed by atoms with Crippen LogP contribution in [0.25, 0.3) is 11.0 Å². The summed E-state index contributed by atoms with van der Waals surface area (Å²) < 4.78 is 11.4. The molecule has 0 bridgehead atoms. The van der Waals surface area contributed by atoms with Gasteiger partial charge in [-0.15, -0.1) is 0 Å². The van der Waals surface area contributed by atoms with Gasteiger partial charge in [0.25, 0.3) is 5.91 Å². The Labute approximate surface area is 228 Å². The van der Waals surface area contributed by atoms with Crippen LogP contribution in [0.5, 0.6) is 5.75 Å². The largest absolute Gasteiger partial charge is 0.480 e. The highest BCUT2D eigenvalue weighted by atomic mass is 16.5. The second kappa shape index (κ2) is 12.2. The maximum absolute atomic E-state index is 12.7. The molecule has 0 radical (unpaired) electrons. The fraction of sp³-hybridized carbons (Fsp3) is 0.586. The molecule has 1 aromatic heterocycles. The molecular weight excluding hydrogens is 502 g/mol. The molecule has 2 fully saturated rings. The molecule has 0 spiro atoms. The van der Waals surface area contributed by atoms with E-state index in [1.807, 2.05) is 13.8 Å². The Kier molecular flexibility index (Phi) is 8.94. The molecular formula is C29H39N3O7. The molecule has 10 heteroatoms. The third kappa shape index (κ3) is 6.79. The summed E-state index contributed by atoms with van der Waals surface area (Å²) >= 11 is 0. The fourth-order valence-electron chi connectivity index (χ4n) is 5.73. The van der Waals surface area contributed by atoms with Gasteiger partial charge in [0, 0.05) is 25.1 Å². The van der Waals surface area contributed by atoms with Gasteiger partial charge >= 0.3 is 5.63 Å². The molecule has 3 amide bonds. The van der Waals surface area contributed by atoms with Gasteiger partial charge in [-0.25, -0.2) is 4.79 Å². The van der Waals surface area contributed by atoms with Gasteiger partial charge in [0.05, 0.1) is 24.1 Å². The lowest BCUT2D eigenvalue weighted by Gasteiger charge is -2.47. The topological polar surface area (TPSA) is 138 Å². The van der Waals surface area contributed by atoms with Crippen LogP contribution >= 0.6 is 0 Å². The third-order valence-corrected chi connectivity index (χ3v) is 7.87. The lowest BCUT2D eigenvalue weighted by molar-refractivity contribution is -0.143. The van der Waals surface area contributed by atoms with Crippen molar-refractivity contribution < 1.29 is 28.6 Å². The first-order chi connectivity index (χ1) is 18.6. The van der Waals surface area contributed by atoms with Crippen LogP contribution in [0, 0.1) is 12.8 Å². The van der Waals surface area contributed by atoms with Gasteiger partial charge in [-0.1, -0.05) is 26.2 Å². The summed E-state index contributed by atoms with van der Waals surface area (Å²) in [4.78, 5) is 51.4. The second-order valence-corrected chi connectivity index (χ2v) is 10.9. The molecule has 0 unspecified atom stereocenters. The molecule has 2 heterocycles. The van der Waals surface area contributed by atoms with Gasteiger partial charge in [0.2, 0.25) is 11.8 Å². The van der Waals surface area contributed by atoms with E-state index in [1.54, 1.807) is 24.0 Å². The zero-order valence-corrected chi connectivity index (χ0v) is 23.0. The normalized spacial score (nSPS) is 21.6. The Balaban J connectivity index is 1.28. The number of aryl methyl sites for hydroxylation is 2. The molecule has 212 valence electrons. The van der Waals surface area contributed by atoms with Gasteiger partial charge in [0.1, 0.15) is 11.3 Å². The highest BCUT2D eigenvalue weighted by molar-refractivity contribution is 5.91.